The van der Waals surface area contributed by atoms with E-state index in [9.17, 15) is 0 Å². The molecule has 4 heteroatoms. The lowest BCUT2D eigenvalue weighted by atomic mass is 9.97. The third-order valence-corrected chi connectivity index (χ3v) is 4.89. The minimum atomic E-state index is 0.216. The molecular formula is C14H15BrClNS. The van der Waals surface area contributed by atoms with Crippen LogP contribution in [0.5, 0.6) is 0 Å². The second kappa shape index (κ2) is 6.20. The number of aryl methyl sites for hydroxylation is 1. The van der Waals surface area contributed by atoms with E-state index in [0.29, 0.717) is 0 Å². The van der Waals surface area contributed by atoms with Crippen LogP contribution in [0.4, 0.5) is 0 Å². The average molecular weight is 345 g/mol. The van der Waals surface area contributed by atoms with Gasteiger partial charge in [-0.05, 0) is 63.6 Å². The van der Waals surface area contributed by atoms with Crippen molar-refractivity contribution in [1.82, 2.24) is 5.32 Å². The van der Waals surface area contributed by atoms with Crippen molar-refractivity contribution in [3.8, 4) is 0 Å². The first-order valence-corrected chi connectivity index (χ1v) is 7.96. The van der Waals surface area contributed by atoms with Crippen LogP contribution in [0, 0.1) is 6.92 Å². The summed E-state index contributed by atoms with van der Waals surface area (Å²) in [5, 5.41) is 8.63. The van der Waals surface area contributed by atoms with E-state index in [1.807, 2.05) is 12.1 Å². The lowest BCUT2D eigenvalue weighted by Crippen LogP contribution is -2.22. The zero-order valence-electron chi connectivity index (χ0n) is 10.3. The van der Waals surface area contributed by atoms with Gasteiger partial charge in [-0.2, -0.15) is 11.3 Å². The minimum Gasteiger partial charge on any atom is -0.306 e. The summed E-state index contributed by atoms with van der Waals surface area (Å²) in [5.41, 5.74) is 3.78. The Morgan fingerprint density at radius 2 is 2.11 bits per heavy atom. The zero-order valence-corrected chi connectivity index (χ0v) is 13.5. The highest BCUT2D eigenvalue weighted by Crippen LogP contribution is 2.33. The standard InChI is InChI=1S/C14H15BrClNS/c1-3-17-14(12-7-18-8-13(12)15)11-5-4-10(16)6-9(11)2/h4-8,14,17H,3H2,1-2H3. The average Bonchev–Trinajstić information content (AvgIpc) is 2.73. The predicted octanol–water partition coefficient (Wildman–Crippen LogP) is 5.17. The SMILES string of the molecule is CCNC(c1ccc(Cl)cc1C)c1cscc1Br. The van der Waals surface area contributed by atoms with Crippen molar-refractivity contribution < 1.29 is 0 Å². The Bertz CT molecular complexity index is 538. The van der Waals surface area contributed by atoms with E-state index in [2.05, 4.69) is 51.9 Å². The molecule has 0 spiro atoms. The van der Waals surface area contributed by atoms with Crippen LogP contribution < -0.4 is 5.32 Å². The highest BCUT2D eigenvalue weighted by molar-refractivity contribution is 9.10. The maximum absolute atomic E-state index is 6.03. The van der Waals surface area contributed by atoms with E-state index >= 15 is 0 Å². The van der Waals surface area contributed by atoms with Crippen molar-refractivity contribution in [2.75, 3.05) is 6.54 Å². The third-order valence-electron chi connectivity index (χ3n) is 2.90. The quantitative estimate of drug-likeness (QED) is 0.806. The van der Waals surface area contributed by atoms with Gasteiger partial charge in [0.05, 0.1) is 6.04 Å². The molecule has 0 fully saturated rings. The topological polar surface area (TPSA) is 12.0 Å². The van der Waals surface area contributed by atoms with Crippen LogP contribution in [0.25, 0.3) is 0 Å². The molecule has 0 aliphatic rings. The number of rotatable bonds is 4. The predicted molar refractivity (Wildman–Crippen MR) is 83.7 cm³/mol. The highest BCUT2D eigenvalue weighted by Gasteiger charge is 2.18. The van der Waals surface area contributed by atoms with Crippen LogP contribution in [0.3, 0.4) is 0 Å². The van der Waals surface area contributed by atoms with Crippen LogP contribution in [0.1, 0.15) is 29.7 Å². The lowest BCUT2D eigenvalue weighted by Gasteiger charge is -2.20. The molecule has 2 rings (SSSR count). The molecule has 1 atom stereocenters. The molecule has 0 bridgehead atoms. The van der Waals surface area contributed by atoms with Crippen molar-refractivity contribution in [2.24, 2.45) is 0 Å². The normalized spacial score (nSPS) is 12.7. The molecule has 96 valence electrons. The Morgan fingerprint density at radius 1 is 1.33 bits per heavy atom. The van der Waals surface area contributed by atoms with Gasteiger partial charge in [-0.25, -0.2) is 0 Å². The lowest BCUT2D eigenvalue weighted by molar-refractivity contribution is 0.627. The number of halogens is 2. The van der Waals surface area contributed by atoms with E-state index in [1.54, 1.807) is 11.3 Å². The molecule has 1 aromatic carbocycles. The van der Waals surface area contributed by atoms with Gasteiger partial charge in [0.1, 0.15) is 0 Å². The fourth-order valence-electron chi connectivity index (χ4n) is 2.05. The molecule has 0 aliphatic heterocycles. The van der Waals surface area contributed by atoms with E-state index < -0.39 is 0 Å². The zero-order chi connectivity index (χ0) is 13.1. The van der Waals surface area contributed by atoms with Gasteiger partial charge in [0.25, 0.3) is 0 Å². The smallest absolute Gasteiger partial charge is 0.0598 e. The summed E-state index contributed by atoms with van der Waals surface area (Å²) in [6.45, 7) is 5.15. The Hall–Kier alpha value is -0.350. The maximum Gasteiger partial charge on any atom is 0.0598 e. The molecule has 0 aliphatic carbocycles. The summed E-state index contributed by atoms with van der Waals surface area (Å²) in [7, 11) is 0. The monoisotopic (exact) mass is 343 g/mol. The van der Waals surface area contributed by atoms with Crippen LogP contribution in [-0.4, -0.2) is 6.54 Å². The third kappa shape index (κ3) is 2.97. The molecule has 18 heavy (non-hydrogen) atoms. The van der Waals surface area contributed by atoms with Crippen molar-refractivity contribution in [3.05, 3.63) is 55.1 Å². The van der Waals surface area contributed by atoms with Crippen LogP contribution in [0.2, 0.25) is 5.02 Å². The van der Waals surface area contributed by atoms with Crippen LogP contribution in [0.15, 0.2) is 33.4 Å². The van der Waals surface area contributed by atoms with Gasteiger partial charge in [0.2, 0.25) is 0 Å². The van der Waals surface area contributed by atoms with Gasteiger partial charge >= 0.3 is 0 Å². The van der Waals surface area contributed by atoms with E-state index in [0.717, 1.165) is 16.0 Å². The fraction of sp³-hybridized carbons (Fsp3) is 0.286. The number of benzene rings is 1. The fourth-order valence-corrected chi connectivity index (χ4v) is 3.83. The molecule has 0 amide bonds. The summed E-state index contributed by atoms with van der Waals surface area (Å²) in [6.07, 6.45) is 0. The van der Waals surface area contributed by atoms with Crippen molar-refractivity contribution >= 4 is 38.9 Å². The second-order valence-corrected chi connectivity index (χ2v) is 6.20. The number of hydrogen-bond donors (Lipinski definition) is 1. The molecule has 0 saturated carbocycles. The van der Waals surface area contributed by atoms with E-state index in [4.69, 9.17) is 11.6 Å². The molecule has 1 aromatic heterocycles. The first-order chi connectivity index (χ1) is 8.63. The van der Waals surface area contributed by atoms with Gasteiger partial charge in [-0.15, -0.1) is 0 Å². The molecule has 0 saturated heterocycles. The first-order valence-electron chi connectivity index (χ1n) is 5.84. The Balaban J connectivity index is 2.45. The highest BCUT2D eigenvalue weighted by atomic mass is 79.9. The van der Waals surface area contributed by atoms with Crippen molar-refractivity contribution in [1.29, 1.82) is 0 Å². The number of nitrogens with one attached hydrogen (secondary N) is 1. The summed E-state index contributed by atoms with van der Waals surface area (Å²) < 4.78 is 1.16. The minimum absolute atomic E-state index is 0.216. The van der Waals surface area contributed by atoms with E-state index in [-0.39, 0.29) is 6.04 Å². The molecule has 2 aromatic rings. The second-order valence-electron chi connectivity index (χ2n) is 4.17. The van der Waals surface area contributed by atoms with Crippen LogP contribution >= 0.6 is 38.9 Å². The van der Waals surface area contributed by atoms with Crippen LogP contribution in [-0.2, 0) is 0 Å². The van der Waals surface area contributed by atoms with Gasteiger partial charge in [-0.1, -0.05) is 24.6 Å². The Morgan fingerprint density at radius 3 is 2.67 bits per heavy atom. The Kier molecular flexibility index (Phi) is 4.84. The van der Waals surface area contributed by atoms with Gasteiger partial charge in [0, 0.05) is 14.9 Å². The molecule has 1 N–H and O–H groups in total. The molecule has 0 radical (unpaired) electrons. The van der Waals surface area contributed by atoms with Gasteiger partial charge in [-0.3, -0.25) is 0 Å². The summed E-state index contributed by atoms with van der Waals surface area (Å²) in [6, 6.07) is 6.29. The van der Waals surface area contributed by atoms with Gasteiger partial charge < -0.3 is 5.32 Å². The number of thiophene rings is 1. The Labute approximate surface area is 125 Å². The van der Waals surface area contributed by atoms with E-state index in [1.165, 1.54) is 16.7 Å². The largest absolute Gasteiger partial charge is 0.306 e. The molecular weight excluding hydrogens is 330 g/mol. The molecule has 1 heterocycles. The molecule has 1 unspecified atom stereocenters. The molecule has 1 nitrogen and oxygen atoms in total. The summed E-state index contributed by atoms with van der Waals surface area (Å²) >= 11 is 11.4. The maximum atomic E-state index is 6.03. The van der Waals surface area contributed by atoms with Crippen molar-refractivity contribution in [2.45, 2.75) is 19.9 Å². The number of hydrogen-bond acceptors (Lipinski definition) is 2. The van der Waals surface area contributed by atoms with Gasteiger partial charge in [0.15, 0.2) is 0 Å². The van der Waals surface area contributed by atoms with Crippen molar-refractivity contribution in [3.63, 3.8) is 0 Å². The summed E-state index contributed by atoms with van der Waals surface area (Å²) in [5.74, 6) is 0. The summed E-state index contributed by atoms with van der Waals surface area (Å²) in [4.78, 5) is 0. The first kappa shape index (κ1) is 14.1.